The smallest absolute Gasteiger partial charge is 0.126 e. The third-order valence-corrected chi connectivity index (χ3v) is 14.6. The van der Waals surface area contributed by atoms with Gasteiger partial charge in [0, 0.05) is 10.9 Å². The van der Waals surface area contributed by atoms with Crippen molar-refractivity contribution >= 4 is 24.0 Å². The summed E-state index contributed by atoms with van der Waals surface area (Å²) in [6.07, 6.45) is 1.86. The standard InChI is InChI=1S/C48H50OSi/c1-10-29-49-45-37-20-12-11-17-32(37)25-28-44(45)50(8,9)46-40-30-33(35-18-13-15-21-42(35)47(2,3)4)23-26-38(40)39-27-24-34(31-41(39)46)36-19-14-16-22-43(36)48(5,6)7/h10-28,30-31,46H,1,29H2,2-9H3. The highest BCUT2D eigenvalue weighted by Crippen LogP contribution is 2.52. The number of hydrogen-bond donors (Lipinski definition) is 0. The van der Waals surface area contributed by atoms with E-state index in [0.29, 0.717) is 6.61 Å². The maximum absolute atomic E-state index is 6.63. The SMILES string of the molecule is C=CCOc1c([Si](C)(C)C2c3cc(-c4ccccc4C(C)(C)C)ccc3-c3ccc(-c4ccccc4C(C)(C)C)cc32)ccc2ccccc12. The first-order valence-corrected chi connectivity index (χ1v) is 21.1. The van der Waals surface area contributed by atoms with Crippen molar-refractivity contribution in [2.24, 2.45) is 0 Å². The van der Waals surface area contributed by atoms with Gasteiger partial charge in [0.2, 0.25) is 0 Å². The summed E-state index contributed by atoms with van der Waals surface area (Å²) in [7, 11) is -2.37. The van der Waals surface area contributed by atoms with E-state index in [0.717, 1.165) is 5.75 Å². The first-order valence-electron chi connectivity index (χ1n) is 18.0. The second kappa shape index (κ2) is 12.6. The number of fused-ring (bicyclic) bond motifs is 4. The Hall–Kier alpha value is -4.66. The fraction of sp³-hybridized carbons (Fsp3) is 0.250. The number of hydrogen-bond acceptors (Lipinski definition) is 1. The minimum absolute atomic E-state index is 0.0316. The minimum atomic E-state index is -2.37. The third kappa shape index (κ3) is 5.84. The maximum Gasteiger partial charge on any atom is 0.126 e. The van der Waals surface area contributed by atoms with Crippen LogP contribution in [0, 0.1) is 0 Å². The van der Waals surface area contributed by atoms with Crippen molar-refractivity contribution in [1.29, 1.82) is 0 Å². The van der Waals surface area contributed by atoms with Gasteiger partial charge in [-0.2, -0.15) is 0 Å². The molecule has 50 heavy (non-hydrogen) atoms. The Morgan fingerprint density at radius 3 is 1.62 bits per heavy atom. The molecule has 0 heterocycles. The van der Waals surface area contributed by atoms with Crippen LogP contribution in [-0.2, 0) is 10.8 Å². The quantitative estimate of drug-likeness (QED) is 0.121. The summed E-state index contributed by atoms with van der Waals surface area (Å²) in [5.41, 5.74) is 13.8. The van der Waals surface area contributed by atoms with Crippen molar-refractivity contribution in [3.63, 3.8) is 0 Å². The van der Waals surface area contributed by atoms with Gasteiger partial charge in [-0.3, -0.25) is 0 Å². The molecule has 6 aromatic rings. The van der Waals surface area contributed by atoms with Crippen LogP contribution in [0.5, 0.6) is 5.75 Å². The van der Waals surface area contributed by atoms with E-state index < -0.39 is 8.07 Å². The molecule has 0 fully saturated rings. The van der Waals surface area contributed by atoms with Gasteiger partial charge in [0.1, 0.15) is 12.4 Å². The van der Waals surface area contributed by atoms with E-state index in [9.17, 15) is 0 Å². The highest BCUT2D eigenvalue weighted by atomic mass is 28.3. The van der Waals surface area contributed by atoms with Crippen LogP contribution < -0.4 is 9.92 Å². The van der Waals surface area contributed by atoms with Crippen LogP contribution in [0.4, 0.5) is 0 Å². The maximum atomic E-state index is 6.63. The molecule has 0 N–H and O–H groups in total. The molecule has 0 aliphatic heterocycles. The fourth-order valence-electron chi connectivity index (χ4n) is 8.36. The van der Waals surface area contributed by atoms with Crippen LogP contribution in [-0.4, -0.2) is 14.7 Å². The Labute approximate surface area is 300 Å². The summed E-state index contributed by atoms with van der Waals surface area (Å²) >= 11 is 0. The molecular weight excluding hydrogens is 621 g/mol. The zero-order chi connectivity index (χ0) is 35.4. The Bertz CT molecular complexity index is 2130. The molecule has 0 spiro atoms. The minimum Gasteiger partial charge on any atom is -0.489 e. The van der Waals surface area contributed by atoms with Crippen LogP contribution in [0.15, 0.2) is 134 Å². The molecule has 1 nitrogen and oxygen atoms in total. The summed E-state index contributed by atoms with van der Waals surface area (Å²) < 4.78 is 6.63. The number of benzene rings is 6. The van der Waals surface area contributed by atoms with Crippen molar-refractivity contribution < 1.29 is 4.74 Å². The molecule has 0 aromatic heterocycles. The summed E-state index contributed by atoms with van der Waals surface area (Å²) in [6.45, 7) is 23.5. The van der Waals surface area contributed by atoms with E-state index in [1.807, 2.05) is 6.08 Å². The van der Waals surface area contributed by atoms with Crippen molar-refractivity contribution in [3.05, 3.63) is 156 Å². The monoisotopic (exact) mass is 670 g/mol. The lowest BCUT2D eigenvalue weighted by Gasteiger charge is -2.34. The molecule has 0 amide bonds. The Kier molecular flexibility index (Phi) is 8.51. The van der Waals surface area contributed by atoms with Gasteiger partial charge >= 0.3 is 0 Å². The normalized spacial score (nSPS) is 13.3. The molecule has 7 rings (SSSR count). The molecule has 1 aliphatic rings. The van der Waals surface area contributed by atoms with Crippen LogP contribution in [0.3, 0.4) is 0 Å². The van der Waals surface area contributed by atoms with Crippen LogP contribution in [0.25, 0.3) is 44.2 Å². The van der Waals surface area contributed by atoms with E-state index in [1.165, 1.54) is 71.6 Å². The van der Waals surface area contributed by atoms with Gasteiger partial charge in [-0.15, -0.1) is 0 Å². The zero-order valence-electron chi connectivity index (χ0n) is 31.0. The largest absolute Gasteiger partial charge is 0.489 e. The van der Waals surface area contributed by atoms with Gasteiger partial charge < -0.3 is 4.74 Å². The molecule has 0 radical (unpaired) electrons. The molecule has 2 heteroatoms. The van der Waals surface area contributed by atoms with E-state index in [-0.39, 0.29) is 16.4 Å². The van der Waals surface area contributed by atoms with Gasteiger partial charge in [-0.1, -0.05) is 189 Å². The van der Waals surface area contributed by atoms with Gasteiger partial charge in [-0.05, 0) is 77.0 Å². The van der Waals surface area contributed by atoms with Gasteiger partial charge in [0.25, 0.3) is 0 Å². The van der Waals surface area contributed by atoms with E-state index in [1.54, 1.807) is 0 Å². The summed E-state index contributed by atoms with van der Waals surface area (Å²) in [5.74, 6) is 1.01. The zero-order valence-corrected chi connectivity index (χ0v) is 32.0. The second-order valence-electron chi connectivity index (χ2n) is 16.6. The Morgan fingerprint density at radius 1 is 0.600 bits per heavy atom. The van der Waals surface area contributed by atoms with Crippen LogP contribution in [0.1, 0.15) is 69.3 Å². The van der Waals surface area contributed by atoms with E-state index in [4.69, 9.17) is 4.74 Å². The van der Waals surface area contributed by atoms with E-state index in [2.05, 4.69) is 183 Å². The van der Waals surface area contributed by atoms with Gasteiger partial charge in [0.15, 0.2) is 0 Å². The van der Waals surface area contributed by atoms with Gasteiger partial charge in [-0.25, -0.2) is 0 Å². The Morgan fingerprint density at radius 2 is 1.10 bits per heavy atom. The average Bonchev–Trinajstić information content (AvgIpc) is 3.43. The molecule has 252 valence electrons. The van der Waals surface area contributed by atoms with Crippen molar-refractivity contribution in [2.75, 3.05) is 6.61 Å². The predicted molar refractivity (Wildman–Crippen MR) is 219 cm³/mol. The summed E-state index contributed by atoms with van der Waals surface area (Å²) in [4.78, 5) is 0. The molecule has 1 aliphatic carbocycles. The fourth-order valence-corrected chi connectivity index (χ4v) is 12.0. The molecule has 0 bridgehead atoms. The van der Waals surface area contributed by atoms with Crippen LogP contribution >= 0.6 is 0 Å². The average molecular weight is 671 g/mol. The van der Waals surface area contributed by atoms with Crippen LogP contribution in [0.2, 0.25) is 13.1 Å². The first-order chi connectivity index (χ1) is 23.8. The summed E-state index contributed by atoms with van der Waals surface area (Å²) in [5, 5.41) is 3.73. The molecule has 0 atom stereocenters. The molecule has 6 aromatic carbocycles. The van der Waals surface area contributed by atoms with Crippen molar-refractivity contribution in [2.45, 2.75) is 71.0 Å². The second-order valence-corrected chi connectivity index (χ2v) is 21.2. The highest BCUT2D eigenvalue weighted by Gasteiger charge is 2.44. The molecular formula is C48H50OSi. The number of rotatable bonds is 7. The third-order valence-electron chi connectivity index (χ3n) is 10.7. The summed E-state index contributed by atoms with van der Waals surface area (Å²) in [6, 6.07) is 45.7. The molecule has 0 saturated heterocycles. The molecule has 0 saturated carbocycles. The highest BCUT2D eigenvalue weighted by molar-refractivity contribution is 6.92. The van der Waals surface area contributed by atoms with E-state index >= 15 is 0 Å². The predicted octanol–water partition coefficient (Wildman–Crippen LogP) is 12.6. The first kappa shape index (κ1) is 33.8. The number of ether oxygens (including phenoxy) is 1. The van der Waals surface area contributed by atoms with Crippen molar-refractivity contribution in [3.8, 4) is 39.1 Å². The van der Waals surface area contributed by atoms with Gasteiger partial charge in [0.05, 0.1) is 8.07 Å². The Balaban J connectivity index is 1.49. The lowest BCUT2D eigenvalue weighted by molar-refractivity contribution is 0.370. The topological polar surface area (TPSA) is 9.23 Å². The molecule has 0 unspecified atom stereocenters. The lowest BCUT2D eigenvalue weighted by Crippen LogP contribution is -2.48. The van der Waals surface area contributed by atoms with Crippen molar-refractivity contribution in [1.82, 2.24) is 0 Å². The lowest BCUT2D eigenvalue weighted by atomic mass is 9.81.